The standard InChI is InChI=1S/C16H22BrN3/c1-2-16(12-7-9-13(17)10-8-12)11-19-15(18)20(16)14-5-3-4-6-14/h7-10,14H,2-6,11H2,1H3,(H2,18,19). The second-order valence-electron chi connectivity index (χ2n) is 5.87. The summed E-state index contributed by atoms with van der Waals surface area (Å²) in [6.07, 6.45) is 6.15. The van der Waals surface area contributed by atoms with Gasteiger partial charge in [0.2, 0.25) is 0 Å². The first-order chi connectivity index (χ1) is 9.67. The van der Waals surface area contributed by atoms with E-state index in [-0.39, 0.29) is 5.54 Å². The smallest absolute Gasteiger partial charge is 0.192 e. The molecule has 3 rings (SSSR count). The Hall–Kier alpha value is -1.03. The van der Waals surface area contributed by atoms with Crippen molar-refractivity contribution in [3.63, 3.8) is 0 Å². The Morgan fingerprint density at radius 3 is 2.55 bits per heavy atom. The molecule has 1 aliphatic carbocycles. The van der Waals surface area contributed by atoms with E-state index in [0.29, 0.717) is 6.04 Å². The normalized spacial score (nSPS) is 27.1. The number of aliphatic imine (C=N–C) groups is 1. The van der Waals surface area contributed by atoms with Gasteiger partial charge in [0.1, 0.15) is 0 Å². The monoisotopic (exact) mass is 335 g/mol. The third kappa shape index (κ3) is 2.14. The molecule has 0 spiro atoms. The minimum Gasteiger partial charge on any atom is -0.370 e. The fourth-order valence-corrected chi connectivity index (χ4v) is 4.02. The van der Waals surface area contributed by atoms with Crippen LogP contribution in [0.5, 0.6) is 0 Å². The average molecular weight is 336 g/mol. The van der Waals surface area contributed by atoms with E-state index in [0.717, 1.165) is 23.4 Å². The zero-order chi connectivity index (χ0) is 14.2. The molecule has 0 amide bonds. The molecule has 1 aromatic carbocycles. The van der Waals surface area contributed by atoms with Crippen LogP contribution in [-0.2, 0) is 5.54 Å². The maximum absolute atomic E-state index is 6.24. The van der Waals surface area contributed by atoms with Crippen LogP contribution < -0.4 is 5.73 Å². The van der Waals surface area contributed by atoms with Crippen molar-refractivity contribution in [2.24, 2.45) is 10.7 Å². The molecule has 1 fully saturated rings. The van der Waals surface area contributed by atoms with Gasteiger partial charge in [-0.1, -0.05) is 47.8 Å². The van der Waals surface area contributed by atoms with Gasteiger partial charge in [0.25, 0.3) is 0 Å². The first-order valence-electron chi connectivity index (χ1n) is 7.52. The largest absolute Gasteiger partial charge is 0.370 e. The summed E-state index contributed by atoms with van der Waals surface area (Å²) in [5.41, 5.74) is 7.53. The zero-order valence-corrected chi connectivity index (χ0v) is 13.6. The number of halogens is 1. The van der Waals surface area contributed by atoms with Crippen molar-refractivity contribution in [3.05, 3.63) is 34.3 Å². The third-order valence-electron chi connectivity index (χ3n) is 4.87. The molecule has 0 saturated heterocycles. The molecule has 2 N–H and O–H groups in total. The maximum Gasteiger partial charge on any atom is 0.192 e. The topological polar surface area (TPSA) is 41.6 Å². The van der Waals surface area contributed by atoms with Gasteiger partial charge in [-0.15, -0.1) is 0 Å². The van der Waals surface area contributed by atoms with Crippen molar-refractivity contribution in [1.29, 1.82) is 0 Å². The number of hydrogen-bond donors (Lipinski definition) is 1. The highest BCUT2D eigenvalue weighted by molar-refractivity contribution is 9.10. The van der Waals surface area contributed by atoms with E-state index < -0.39 is 0 Å². The summed E-state index contributed by atoms with van der Waals surface area (Å²) in [4.78, 5) is 7.01. The van der Waals surface area contributed by atoms with Crippen LogP contribution in [0.1, 0.15) is 44.6 Å². The van der Waals surface area contributed by atoms with Crippen LogP contribution in [0.3, 0.4) is 0 Å². The molecule has 1 aromatic rings. The third-order valence-corrected chi connectivity index (χ3v) is 5.40. The Kier molecular flexibility index (Phi) is 3.76. The fraction of sp³-hybridized carbons (Fsp3) is 0.562. The highest BCUT2D eigenvalue weighted by Gasteiger charge is 2.45. The van der Waals surface area contributed by atoms with Crippen LogP contribution in [0.15, 0.2) is 33.7 Å². The Labute approximate surface area is 129 Å². The first-order valence-corrected chi connectivity index (χ1v) is 8.32. The molecule has 1 aliphatic heterocycles. The Balaban J connectivity index is 2.00. The molecule has 0 aromatic heterocycles. The summed E-state index contributed by atoms with van der Waals surface area (Å²) in [5.74, 6) is 0.738. The van der Waals surface area contributed by atoms with Gasteiger partial charge in [-0.2, -0.15) is 0 Å². The molecular formula is C16H22BrN3. The van der Waals surface area contributed by atoms with Gasteiger partial charge in [0.05, 0.1) is 12.1 Å². The van der Waals surface area contributed by atoms with E-state index in [1.807, 2.05) is 0 Å². The molecule has 108 valence electrons. The maximum atomic E-state index is 6.24. The molecule has 1 saturated carbocycles. The van der Waals surface area contributed by atoms with E-state index in [1.54, 1.807) is 0 Å². The van der Waals surface area contributed by atoms with Gasteiger partial charge in [0, 0.05) is 10.5 Å². The minimum atomic E-state index is -0.0419. The highest BCUT2D eigenvalue weighted by Crippen LogP contribution is 2.41. The summed E-state index contributed by atoms with van der Waals surface area (Å²) in [6, 6.07) is 9.22. The first kappa shape index (κ1) is 13.9. The van der Waals surface area contributed by atoms with Crippen molar-refractivity contribution < 1.29 is 0 Å². The van der Waals surface area contributed by atoms with Crippen LogP contribution >= 0.6 is 15.9 Å². The quantitative estimate of drug-likeness (QED) is 0.916. The summed E-state index contributed by atoms with van der Waals surface area (Å²) in [5, 5.41) is 0. The minimum absolute atomic E-state index is 0.0419. The van der Waals surface area contributed by atoms with Crippen LogP contribution in [0.2, 0.25) is 0 Å². The Morgan fingerprint density at radius 1 is 1.30 bits per heavy atom. The number of nitrogens with zero attached hydrogens (tertiary/aromatic N) is 2. The fourth-order valence-electron chi connectivity index (χ4n) is 3.76. The van der Waals surface area contributed by atoms with Gasteiger partial charge in [0.15, 0.2) is 5.96 Å². The molecule has 1 heterocycles. The number of guanidine groups is 1. The number of hydrogen-bond acceptors (Lipinski definition) is 3. The number of rotatable bonds is 3. The molecule has 0 bridgehead atoms. The highest BCUT2D eigenvalue weighted by atomic mass is 79.9. The lowest BCUT2D eigenvalue weighted by atomic mass is 9.85. The Bertz CT molecular complexity index is 505. The van der Waals surface area contributed by atoms with E-state index in [2.05, 4.69) is 57.0 Å². The second-order valence-corrected chi connectivity index (χ2v) is 6.79. The van der Waals surface area contributed by atoms with Gasteiger partial charge in [-0.05, 0) is 37.0 Å². The SMILES string of the molecule is CCC1(c2ccc(Br)cc2)CN=C(N)N1C1CCCC1. The van der Waals surface area contributed by atoms with Crippen LogP contribution in [-0.4, -0.2) is 23.4 Å². The van der Waals surface area contributed by atoms with Crippen molar-refractivity contribution in [1.82, 2.24) is 4.90 Å². The summed E-state index contributed by atoms with van der Waals surface area (Å²) >= 11 is 3.52. The number of nitrogens with two attached hydrogens (primary N) is 1. The number of benzene rings is 1. The molecule has 2 aliphatic rings. The lowest BCUT2D eigenvalue weighted by Crippen LogP contribution is -2.53. The molecule has 0 radical (unpaired) electrons. The zero-order valence-electron chi connectivity index (χ0n) is 12.0. The Morgan fingerprint density at radius 2 is 1.95 bits per heavy atom. The molecule has 4 heteroatoms. The van der Waals surface area contributed by atoms with Gasteiger partial charge in [-0.3, -0.25) is 4.99 Å². The lowest BCUT2D eigenvalue weighted by molar-refractivity contribution is 0.143. The van der Waals surface area contributed by atoms with E-state index >= 15 is 0 Å². The average Bonchev–Trinajstić information content (AvgIpc) is 3.07. The molecular weight excluding hydrogens is 314 g/mol. The van der Waals surface area contributed by atoms with Gasteiger partial charge in [-0.25, -0.2) is 0 Å². The van der Waals surface area contributed by atoms with Crippen LogP contribution in [0.4, 0.5) is 0 Å². The molecule has 3 nitrogen and oxygen atoms in total. The van der Waals surface area contributed by atoms with E-state index in [1.165, 1.54) is 31.2 Å². The van der Waals surface area contributed by atoms with Crippen molar-refractivity contribution in [2.75, 3.05) is 6.54 Å². The van der Waals surface area contributed by atoms with Crippen molar-refractivity contribution >= 4 is 21.9 Å². The lowest BCUT2D eigenvalue weighted by Gasteiger charge is -2.43. The molecule has 1 atom stereocenters. The van der Waals surface area contributed by atoms with Crippen molar-refractivity contribution in [2.45, 2.75) is 50.6 Å². The van der Waals surface area contributed by atoms with Crippen LogP contribution in [0, 0.1) is 0 Å². The summed E-state index contributed by atoms with van der Waals surface area (Å²) in [7, 11) is 0. The molecule has 20 heavy (non-hydrogen) atoms. The summed E-state index contributed by atoms with van der Waals surface area (Å²) in [6.45, 7) is 3.03. The second kappa shape index (κ2) is 5.40. The van der Waals surface area contributed by atoms with Gasteiger partial charge < -0.3 is 10.6 Å². The summed E-state index contributed by atoms with van der Waals surface area (Å²) < 4.78 is 1.12. The van der Waals surface area contributed by atoms with Crippen LogP contribution in [0.25, 0.3) is 0 Å². The van der Waals surface area contributed by atoms with Gasteiger partial charge >= 0.3 is 0 Å². The molecule has 1 unspecified atom stereocenters. The van der Waals surface area contributed by atoms with Crippen molar-refractivity contribution in [3.8, 4) is 0 Å². The van der Waals surface area contributed by atoms with E-state index in [9.17, 15) is 0 Å². The predicted molar refractivity (Wildman–Crippen MR) is 86.7 cm³/mol. The van der Waals surface area contributed by atoms with E-state index in [4.69, 9.17) is 5.73 Å². The predicted octanol–water partition coefficient (Wildman–Crippen LogP) is 3.63.